The lowest BCUT2D eigenvalue weighted by Crippen LogP contribution is -2.05. The summed E-state index contributed by atoms with van der Waals surface area (Å²) in [4.78, 5) is 7.93. The number of nitrogens with one attached hydrogen (secondary N) is 1. The lowest BCUT2D eigenvalue weighted by molar-refractivity contribution is 0.0883. The van der Waals surface area contributed by atoms with E-state index in [-0.39, 0.29) is 6.10 Å². The zero-order chi connectivity index (χ0) is 11.1. The van der Waals surface area contributed by atoms with Gasteiger partial charge in [-0.3, -0.25) is 0 Å². The fourth-order valence-corrected chi connectivity index (χ4v) is 2.54. The lowest BCUT2D eigenvalue weighted by Gasteiger charge is -2.10. The van der Waals surface area contributed by atoms with Gasteiger partial charge in [0, 0.05) is 11.1 Å². The Kier molecular flexibility index (Phi) is 2.48. The molecular weight excluding hydrogens is 268 g/mol. The Balaban J connectivity index is 2.04. The van der Waals surface area contributed by atoms with Crippen molar-refractivity contribution >= 4 is 27.0 Å². The molecule has 2 unspecified atom stereocenters. The van der Waals surface area contributed by atoms with Crippen LogP contribution in [0.2, 0.25) is 0 Å². The van der Waals surface area contributed by atoms with Crippen molar-refractivity contribution in [2.75, 3.05) is 6.61 Å². The third kappa shape index (κ3) is 1.66. The molecule has 1 aliphatic heterocycles. The molecule has 1 N–H and O–H groups in total. The number of ether oxygens (including phenoxy) is 1. The third-order valence-electron chi connectivity index (χ3n) is 3.12. The Morgan fingerprint density at radius 2 is 2.38 bits per heavy atom. The molecule has 84 valence electrons. The molecule has 1 aromatic carbocycles. The van der Waals surface area contributed by atoms with Gasteiger partial charge in [0.05, 0.1) is 11.0 Å². The number of benzene rings is 1. The van der Waals surface area contributed by atoms with Crippen LogP contribution < -0.4 is 0 Å². The van der Waals surface area contributed by atoms with Crippen LogP contribution in [-0.4, -0.2) is 16.6 Å². The standard InChI is InChI=1S/C12H13BrN2O/c1-7-4-5-16-11(7)12-14-9-3-2-8(13)6-10(9)15-12/h2-3,6-7,11H,4-5H2,1H3,(H,14,15). The van der Waals surface area contributed by atoms with Crippen molar-refractivity contribution in [1.82, 2.24) is 9.97 Å². The van der Waals surface area contributed by atoms with Gasteiger partial charge in [0.15, 0.2) is 0 Å². The highest BCUT2D eigenvalue weighted by Crippen LogP contribution is 2.33. The molecule has 0 amide bonds. The average molecular weight is 281 g/mol. The fraction of sp³-hybridized carbons (Fsp3) is 0.417. The maximum Gasteiger partial charge on any atom is 0.136 e. The zero-order valence-electron chi connectivity index (χ0n) is 9.03. The minimum absolute atomic E-state index is 0.131. The molecule has 4 heteroatoms. The minimum Gasteiger partial charge on any atom is -0.370 e. The van der Waals surface area contributed by atoms with Crippen molar-refractivity contribution in [1.29, 1.82) is 0 Å². The normalized spacial score (nSPS) is 25.4. The van der Waals surface area contributed by atoms with Gasteiger partial charge in [-0.2, -0.15) is 0 Å². The number of nitrogens with zero attached hydrogens (tertiary/aromatic N) is 1. The summed E-state index contributed by atoms with van der Waals surface area (Å²) in [6, 6.07) is 6.07. The van der Waals surface area contributed by atoms with Gasteiger partial charge in [-0.15, -0.1) is 0 Å². The van der Waals surface area contributed by atoms with Crippen LogP contribution in [0.15, 0.2) is 22.7 Å². The van der Waals surface area contributed by atoms with Crippen molar-refractivity contribution in [2.45, 2.75) is 19.4 Å². The second kappa shape index (κ2) is 3.86. The Hall–Kier alpha value is -0.870. The number of imidazole rings is 1. The quantitative estimate of drug-likeness (QED) is 0.869. The maximum absolute atomic E-state index is 5.71. The lowest BCUT2D eigenvalue weighted by atomic mass is 10.0. The first kappa shape index (κ1) is 10.3. The highest BCUT2D eigenvalue weighted by atomic mass is 79.9. The van der Waals surface area contributed by atoms with Gasteiger partial charge in [-0.25, -0.2) is 4.98 Å². The van der Waals surface area contributed by atoms with E-state index in [2.05, 4.69) is 32.8 Å². The van der Waals surface area contributed by atoms with E-state index in [0.717, 1.165) is 34.4 Å². The third-order valence-corrected chi connectivity index (χ3v) is 3.61. The van der Waals surface area contributed by atoms with Crippen molar-refractivity contribution in [3.63, 3.8) is 0 Å². The SMILES string of the molecule is CC1CCOC1c1nc2ccc(Br)cc2[nH]1. The van der Waals surface area contributed by atoms with E-state index >= 15 is 0 Å². The molecule has 3 nitrogen and oxygen atoms in total. The number of aromatic nitrogens is 2. The molecule has 16 heavy (non-hydrogen) atoms. The zero-order valence-corrected chi connectivity index (χ0v) is 10.6. The number of hydrogen-bond donors (Lipinski definition) is 1. The van der Waals surface area contributed by atoms with Gasteiger partial charge in [-0.05, 0) is 30.5 Å². The van der Waals surface area contributed by atoms with Gasteiger partial charge in [0.2, 0.25) is 0 Å². The van der Waals surface area contributed by atoms with E-state index in [4.69, 9.17) is 4.74 Å². The van der Waals surface area contributed by atoms with E-state index in [0.29, 0.717) is 5.92 Å². The number of hydrogen-bond acceptors (Lipinski definition) is 2. The number of H-pyrrole nitrogens is 1. The summed E-state index contributed by atoms with van der Waals surface area (Å²) in [5, 5.41) is 0. The van der Waals surface area contributed by atoms with Crippen LogP contribution in [0.1, 0.15) is 25.3 Å². The van der Waals surface area contributed by atoms with Gasteiger partial charge in [-0.1, -0.05) is 22.9 Å². The van der Waals surface area contributed by atoms with E-state index in [1.165, 1.54) is 0 Å². The Morgan fingerprint density at radius 3 is 3.12 bits per heavy atom. The Bertz CT molecular complexity index is 523. The molecule has 1 fully saturated rings. The monoisotopic (exact) mass is 280 g/mol. The minimum atomic E-state index is 0.131. The molecule has 2 heterocycles. The first-order valence-corrected chi connectivity index (χ1v) is 6.30. The summed E-state index contributed by atoms with van der Waals surface area (Å²) in [6.07, 6.45) is 1.25. The van der Waals surface area contributed by atoms with Crippen LogP contribution >= 0.6 is 15.9 Å². The van der Waals surface area contributed by atoms with Crippen LogP contribution in [0.5, 0.6) is 0 Å². The summed E-state index contributed by atoms with van der Waals surface area (Å²) in [6.45, 7) is 3.05. The van der Waals surface area contributed by atoms with Gasteiger partial charge >= 0.3 is 0 Å². The Labute approximate surface area is 102 Å². The molecule has 1 aromatic heterocycles. The predicted octanol–water partition coefficient (Wildman–Crippen LogP) is 3.42. The second-order valence-corrected chi connectivity index (χ2v) is 5.26. The maximum atomic E-state index is 5.71. The van der Waals surface area contributed by atoms with Crippen molar-refractivity contribution < 1.29 is 4.74 Å². The molecule has 0 aliphatic carbocycles. The molecule has 0 saturated carbocycles. The summed E-state index contributed by atoms with van der Waals surface area (Å²) >= 11 is 3.46. The molecule has 2 atom stereocenters. The fourth-order valence-electron chi connectivity index (χ4n) is 2.18. The van der Waals surface area contributed by atoms with Crippen LogP contribution in [-0.2, 0) is 4.74 Å². The Morgan fingerprint density at radius 1 is 1.50 bits per heavy atom. The van der Waals surface area contributed by atoms with Gasteiger partial charge in [0.25, 0.3) is 0 Å². The molecule has 3 rings (SSSR count). The molecule has 0 spiro atoms. The highest BCUT2D eigenvalue weighted by molar-refractivity contribution is 9.10. The first-order valence-electron chi connectivity index (χ1n) is 5.51. The summed E-state index contributed by atoms with van der Waals surface area (Å²) in [5.74, 6) is 1.50. The van der Waals surface area contributed by atoms with Crippen LogP contribution in [0.25, 0.3) is 11.0 Å². The molecule has 0 radical (unpaired) electrons. The highest BCUT2D eigenvalue weighted by Gasteiger charge is 2.28. The van der Waals surface area contributed by atoms with E-state index in [9.17, 15) is 0 Å². The average Bonchev–Trinajstić information content (AvgIpc) is 2.82. The molecule has 2 aromatic rings. The number of fused-ring (bicyclic) bond motifs is 1. The van der Waals surface area contributed by atoms with E-state index in [1.807, 2.05) is 18.2 Å². The number of aromatic amines is 1. The predicted molar refractivity (Wildman–Crippen MR) is 66.3 cm³/mol. The molecule has 1 saturated heterocycles. The number of rotatable bonds is 1. The van der Waals surface area contributed by atoms with Crippen molar-refractivity contribution in [3.05, 3.63) is 28.5 Å². The molecule has 1 aliphatic rings. The van der Waals surface area contributed by atoms with Crippen LogP contribution in [0, 0.1) is 5.92 Å². The van der Waals surface area contributed by atoms with Crippen LogP contribution in [0.3, 0.4) is 0 Å². The summed E-state index contributed by atoms with van der Waals surface area (Å²) < 4.78 is 6.77. The smallest absolute Gasteiger partial charge is 0.136 e. The first-order chi connectivity index (χ1) is 7.74. The van der Waals surface area contributed by atoms with Crippen molar-refractivity contribution in [3.8, 4) is 0 Å². The summed E-state index contributed by atoms with van der Waals surface area (Å²) in [5.41, 5.74) is 2.06. The summed E-state index contributed by atoms with van der Waals surface area (Å²) in [7, 11) is 0. The van der Waals surface area contributed by atoms with Crippen LogP contribution in [0.4, 0.5) is 0 Å². The number of halogens is 1. The topological polar surface area (TPSA) is 37.9 Å². The van der Waals surface area contributed by atoms with Gasteiger partial charge < -0.3 is 9.72 Å². The van der Waals surface area contributed by atoms with E-state index in [1.54, 1.807) is 0 Å². The van der Waals surface area contributed by atoms with Crippen molar-refractivity contribution in [2.24, 2.45) is 5.92 Å². The molecular formula is C12H13BrN2O. The van der Waals surface area contributed by atoms with Gasteiger partial charge in [0.1, 0.15) is 11.9 Å². The molecule has 0 bridgehead atoms. The largest absolute Gasteiger partial charge is 0.370 e. The second-order valence-electron chi connectivity index (χ2n) is 4.34. The van der Waals surface area contributed by atoms with E-state index < -0.39 is 0 Å².